The summed E-state index contributed by atoms with van der Waals surface area (Å²) in [4.78, 5) is 23.4. The van der Waals surface area contributed by atoms with Crippen LogP contribution in [0.25, 0.3) is 11.3 Å². The van der Waals surface area contributed by atoms with E-state index in [1.807, 2.05) is 6.07 Å². The zero-order chi connectivity index (χ0) is 16.1. The van der Waals surface area contributed by atoms with Crippen LogP contribution in [0.2, 0.25) is 0 Å². The standard InChI is InChI=1S/C15H17N3O4/c1-2-22-15(21)13-11(9-19)18(8-12(16)20)17-14(13)10-6-4-3-5-7-10/h3-7,19H,2,8-9H2,1H3,(H2,16,20). The van der Waals surface area contributed by atoms with Gasteiger partial charge in [-0.3, -0.25) is 9.48 Å². The molecule has 0 aliphatic rings. The van der Waals surface area contributed by atoms with Gasteiger partial charge in [0.25, 0.3) is 0 Å². The molecule has 0 saturated heterocycles. The summed E-state index contributed by atoms with van der Waals surface area (Å²) in [6.45, 7) is 1.20. The minimum Gasteiger partial charge on any atom is -0.462 e. The Kier molecular flexibility index (Phi) is 4.90. The molecule has 0 bridgehead atoms. The quantitative estimate of drug-likeness (QED) is 0.764. The lowest BCUT2D eigenvalue weighted by Gasteiger charge is -2.05. The van der Waals surface area contributed by atoms with Gasteiger partial charge in [0.05, 0.1) is 18.9 Å². The van der Waals surface area contributed by atoms with Gasteiger partial charge in [0.2, 0.25) is 5.91 Å². The van der Waals surface area contributed by atoms with Crippen molar-refractivity contribution in [1.29, 1.82) is 0 Å². The number of esters is 1. The summed E-state index contributed by atoms with van der Waals surface area (Å²) < 4.78 is 6.26. The maximum absolute atomic E-state index is 12.2. The summed E-state index contributed by atoms with van der Waals surface area (Å²) in [5.41, 5.74) is 6.57. The number of rotatable bonds is 6. The summed E-state index contributed by atoms with van der Waals surface area (Å²) >= 11 is 0. The van der Waals surface area contributed by atoms with E-state index in [9.17, 15) is 14.7 Å². The van der Waals surface area contributed by atoms with Gasteiger partial charge < -0.3 is 15.6 Å². The van der Waals surface area contributed by atoms with Crippen molar-refractivity contribution < 1.29 is 19.4 Å². The minimum absolute atomic E-state index is 0.150. The number of carbonyl (C=O) groups excluding carboxylic acids is 2. The van der Waals surface area contributed by atoms with E-state index in [0.29, 0.717) is 11.3 Å². The Morgan fingerprint density at radius 2 is 2.00 bits per heavy atom. The zero-order valence-electron chi connectivity index (χ0n) is 12.2. The fourth-order valence-corrected chi connectivity index (χ4v) is 2.15. The molecule has 0 fully saturated rings. The molecule has 7 nitrogen and oxygen atoms in total. The second-order valence-electron chi connectivity index (χ2n) is 4.54. The predicted octanol–water partition coefficient (Wildman–Crippen LogP) is 0.704. The van der Waals surface area contributed by atoms with Gasteiger partial charge in [-0.05, 0) is 6.92 Å². The maximum Gasteiger partial charge on any atom is 0.342 e. The number of amides is 1. The van der Waals surface area contributed by atoms with Crippen molar-refractivity contribution in [2.24, 2.45) is 5.73 Å². The van der Waals surface area contributed by atoms with Crippen molar-refractivity contribution in [3.05, 3.63) is 41.6 Å². The maximum atomic E-state index is 12.2. The highest BCUT2D eigenvalue weighted by molar-refractivity contribution is 5.97. The molecule has 7 heteroatoms. The third-order valence-electron chi connectivity index (χ3n) is 3.04. The fourth-order valence-electron chi connectivity index (χ4n) is 2.15. The monoisotopic (exact) mass is 303 g/mol. The highest BCUT2D eigenvalue weighted by atomic mass is 16.5. The first kappa shape index (κ1) is 15.7. The molecule has 0 spiro atoms. The van der Waals surface area contributed by atoms with Crippen LogP contribution in [0, 0.1) is 0 Å². The Hall–Kier alpha value is -2.67. The topological polar surface area (TPSA) is 107 Å². The molecule has 1 amide bonds. The first-order valence-corrected chi connectivity index (χ1v) is 6.79. The van der Waals surface area contributed by atoms with Crippen LogP contribution < -0.4 is 5.73 Å². The first-order valence-electron chi connectivity index (χ1n) is 6.79. The van der Waals surface area contributed by atoms with E-state index in [1.54, 1.807) is 31.2 Å². The molecule has 22 heavy (non-hydrogen) atoms. The number of aliphatic hydroxyl groups is 1. The van der Waals surface area contributed by atoms with Crippen molar-refractivity contribution in [1.82, 2.24) is 9.78 Å². The van der Waals surface area contributed by atoms with Crippen molar-refractivity contribution >= 4 is 11.9 Å². The van der Waals surface area contributed by atoms with Crippen LogP contribution in [0.4, 0.5) is 0 Å². The Morgan fingerprint density at radius 3 is 2.55 bits per heavy atom. The van der Waals surface area contributed by atoms with Gasteiger partial charge in [0.1, 0.15) is 17.8 Å². The number of aromatic nitrogens is 2. The van der Waals surface area contributed by atoms with Gasteiger partial charge >= 0.3 is 5.97 Å². The molecule has 0 aliphatic heterocycles. The molecule has 0 saturated carbocycles. The van der Waals surface area contributed by atoms with Gasteiger partial charge in [0.15, 0.2) is 0 Å². The highest BCUT2D eigenvalue weighted by Gasteiger charge is 2.25. The molecule has 3 N–H and O–H groups in total. The van der Waals surface area contributed by atoms with Crippen LogP contribution in [0.3, 0.4) is 0 Å². The van der Waals surface area contributed by atoms with E-state index in [-0.39, 0.29) is 24.4 Å². The number of hydrogen-bond acceptors (Lipinski definition) is 5. The van der Waals surface area contributed by atoms with Crippen molar-refractivity contribution in [2.75, 3.05) is 6.61 Å². The average Bonchev–Trinajstić information content (AvgIpc) is 2.86. The molecular formula is C15H17N3O4. The lowest BCUT2D eigenvalue weighted by Crippen LogP contribution is -2.21. The lowest BCUT2D eigenvalue weighted by atomic mass is 10.1. The second-order valence-corrected chi connectivity index (χ2v) is 4.54. The largest absolute Gasteiger partial charge is 0.462 e. The molecular weight excluding hydrogens is 286 g/mol. The smallest absolute Gasteiger partial charge is 0.342 e. The predicted molar refractivity (Wildman–Crippen MR) is 78.7 cm³/mol. The van der Waals surface area contributed by atoms with Crippen LogP contribution in [0.1, 0.15) is 23.0 Å². The van der Waals surface area contributed by atoms with Crippen molar-refractivity contribution in [3.8, 4) is 11.3 Å². The molecule has 0 aliphatic carbocycles. The minimum atomic E-state index is -0.618. The normalized spacial score (nSPS) is 10.5. The summed E-state index contributed by atoms with van der Waals surface area (Å²) in [5.74, 6) is -1.21. The number of nitrogens with two attached hydrogens (primary N) is 1. The third-order valence-corrected chi connectivity index (χ3v) is 3.04. The average molecular weight is 303 g/mol. The molecule has 2 rings (SSSR count). The van der Waals surface area contributed by atoms with E-state index in [2.05, 4.69) is 5.10 Å². The van der Waals surface area contributed by atoms with E-state index < -0.39 is 18.5 Å². The summed E-state index contributed by atoms with van der Waals surface area (Å²) in [5, 5.41) is 13.8. The van der Waals surface area contributed by atoms with E-state index in [1.165, 1.54) is 4.68 Å². The number of ether oxygens (including phenoxy) is 1. The second kappa shape index (κ2) is 6.86. The highest BCUT2D eigenvalue weighted by Crippen LogP contribution is 2.26. The lowest BCUT2D eigenvalue weighted by molar-refractivity contribution is -0.118. The van der Waals surface area contributed by atoms with Gasteiger partial charge in [-0.2, -0.15) is 5.10 Å². The van der Waals surface area contributed by atoms with Gasteiger partial charge in [-0.15, -0.1) is 0 Å². The van der Waals surface area contributed by atoms with Crippen LogP contribution in [-0.2, 0) is 22.7 Å². The first-order chi connectivity index (χ1) is 10.6. The molecule has 0 unspecified atom stereocenters. The van der Waals surface area contributed by atoms with Crippen LogP contribution in [-0.4, -0.2) is 33.4 Å². The van der Waals surface area contributed by atoms with Gasteiger partial charge in [-0.25, -0.2) is 4.79 Å². The number of aliphatic hydroxyl groups excluding tert-OH is 1. The van der Waals surface area contributed by atoms with E-state index >= 15 is 0 Å². The van der Waals surface area contributed by atoms with Crippen LogP contribution in [0.5, 0.6) is 0 Å². The Bertz CT molecular complexity index is 680. The zero-order valence-corrected chi connectivity index (χ0v) is 12.2. The number of primary amides is 1. The molecule has 1 aromatic heterocycles. The third kappa shape index (κ3) is 3.15. The number of carbonyl (C=O) groups is 2. The number of hydrogen-bond donors (Lipinski definition) is 2. The summed E-state index contributed by atoms with van der Waals surface area (Å²) in [7, 11) is 0. The van der Waals surface area contributed by atoms with Gasteiger partial charge in [0, 0.05) is 5.56 Å². The molecule has 116 valence electrons. The molecule has 0 atom stereocenters. The Labute approximate surface area is 127 Å². The van der Waals surface area contributed by atoms with Crippen molar-refractivity contribution in [2.45, 2.75) is 20.1 Å². The van der Waals surface area contributed by atoms with Crippen LogP contribution in [0.15, 0.2) is 30.3 Å². The van der Waals surface area contributed by atoms with Gasteiger partial charge in [-0.1, -0.05) is 30.3 Å². The number of nitrogens with zero attached hydrogens (tertiary/aromatic N) is 2. The van der Waals surface area contributed by atoms with E-state index in [4.69, 9.17) is 10.5 Å². The fraction of sp³-hybridized carbons (Fsp3) is 0.267. The van der Waals surface area contributed by atoms with Crippen LogP contribution >= 0.6 is 0 Å². The van der Waals surface area contributed by atoms with Crippen molar-refractivity contribution in [3.63, 3.8) is 0 Å². The molecule has 0 radical (unpaired) electrons. The Morgan fingerprint density at radius 1 is 1.32 bits per heavy atom. The SMILES string of the molecule is CCOC(=O)c1c(-c2ccccc2)nn(CC(N)=O)c1CO. The number of benzene rings is 1. The molecule has 2 aromatic rings. The summed E-state index contributed by atoms with van der Waals surface area (Å²) in [6.07, 6.45) is 0. The van der Waals surface area contributed by atoms with E-state index in [0.717, 1.165) is 0 Å². The molecule has 1 aromatic carbocycles. The Balaban J connectivity index is 2.62. The summed E-state index contributed by atoms with van der Waals surface area (Å²) in [6, 6.07) is 8.99. The molecule has 1 heterocycles.